The van der Waals surface area contributed by atoms with Gasteiger partial charge in [0.05, 0.1) is 0 Å². The molecule has 2 rings (SSSR count). The summed E-state index contributed by atoms with van der Waals surface area (Å²) in [7, 11) is 4.25. The SMILES string of the molecule is CC(=O)c1ccc(N(C)CC2CCN(C)C2)cc1N. The van der Waals surface area contributed by atoms with Gasteiger partial charge in [0.25, 0.3) is 0 Å². The molecule has 0 amide bonds. The normalized spacial score (nSPS) is 19.6. The smallest absolute Gasteiger partial charge is 0.161 e. The zero-order chi connectivity index (χ0) is 14.0. The molecule has 104 valence electrons. The van der Waals surface area contributed by atoms with Gasteiger partial charge >= 0.3 is 0 Å². The van der Waals surface area contributed by atoms with Crippen molar-refractivity contribution in [2.75, 3.05) is 44.4 Å². The Kier molecular flexibility index (Phi) is 4.10. The highest BCUT2D eigenvalue weighted by atomic mass is 16.1. The van der Waals surface area contributed by atoms with Gasteiger partial charge in [0.15, 0.2) is 5.78 Å². The summed E-state index contributed by atoms with van der Waals surface area (Å²) < 4.78 is 0. The lowest BCUT2D eigenvalue weighted by molar-refractivity contribution is 0.101. The number of anilines is 2. The lowest BCUT2D eigenvalue weighted by atomic mass is 10.1. The molecule has 1 aromatic rings. The van der Waals surface area contributed by atoms with Crippen LogP contribution in [0.4, 0.5) is 11.4 Å². The summed E-state index contributed by atoms with van der Waals surface area (Å²) in [5.74, 6) is 0.729. The van der Waals surface area contributed by atoms with Gasteiger partial charge in [0.1, 0.15) is 0 Å². The molecule has 0 bridgehead atoms. The number of carbonyl (C=O) groups excluding carboxylic acids is 1. The highest BCUT2D eigenvalue weighted by Gasteiger charge is 2.21. The molecule has 1 aliphatic heterocycles. The molecule has 1 aromatic carbocycles. The second-order valence-electron chi connectivity index (χ2n) is 5.63. The third-order valence-corrected chi connectivity index (χ3v) is 3.88. The van der Waals surface area contributed by atoms with Crippen LogP contribution in [0, 0.1) is 5.92 Å². The summed E-state index contributed by atoms with van der Waals surface area (Å²) in [4.78, 5) is 16.0. The summed E-state index contributed by atoms with van der Waals surface area (Å²) in [6.07, 6.45) is 1.25. The highest BCUT2D eigenvalue weighted by Crippen LogP contribution is 2.23. The number of benzene rings is 1. The van der Waals surface area contributed by atoms with E-state index in [2.05, 4.69) is 23.9 Å². The van der Waals surface area contributed by atoms with Gasteiger partial charge < -0.3 is 15.5 Å². The molecular weight excluding hydrogens is 238 g/mol. The first-order valence-corrected chi connectivity index (χ1v) is 6.77. The summed E-state index contributed by atoms with van der Waals surface area (Å²) in [6.45, 7) is 4.92. The Hall–Kier alpha value is -1.55. The Bertz CT molecular complexity index is 472. The highest BCUT2D eigenvalue weighted by molar-refractivity contribution is 5.99. The molecule has 1 aliphatic rings. The fourth-order valence-electron chi connectivity index (χ4n) is 2.78. The average molecular weight is 261 g/mol. The topological polar surface area (TPSA) is 49.6 Å². The van der Waals surface area contributed by atoms with Crippen LogP contribution in [0.25, 0.3) is 0 Å². The summed E-state index contributed by atoms with van der Waals surface area (Å²) >= 11 is 0. The average Bonchev–Trinajstić information content (AvgIpc) is 2.74. The first-order valence-electron chi connectivity index (χ1n) is 6.77. The van der Waals surface area contributed by atoms with Crippen LogP contribution in [0.1, 0.15) is 23.7 Å². The van der Waals surface area contributed by atoms with Crippen LogP contribution in [0.15, 0.2) is 18.2 Å². The van der Waals surface area contributed by atoms with Crippen LogP contribution < -0.4 is 10.6 Å². The zero-order valence-electron chi connectivity index (χ0n) is 12.0. The second kappa shape index (κ2) is 5.61. The third-order valence-electron chi connectivity index (χ3n) is 3.88. The van der Waals surface area contributed by atoms with Crippen LogP contribution in [0.3, 0.4) is 0 Å². The first-order chi connectivity index (χ1) is 8.97. The number of nitrogens with zero attached hydrogens (tertiary/aromatic N) is 2. The maximum atomic E-state index is 11.4. The minimum Gasteiger partial charge on any atom is -0.398 e. The summed E-state index contributed by atoms with van der Waals surface area (Å²) in [6, 6.07) is 5.70. The molecule has 0 radical (unpaired) electrons. The van der Waals surface area contributed by atoms with Crippen molar-refractivity contribution in [3.8, 4) is 0 Å². The molecule has 1 atom stereocenters. The number of likely N-dealkylation sites (tertiary alicyclic amines) is 1. The van der Waals surface area contributed by atoms with E-state index in [0.717, 1.165) is 18.8 Å². The van der Waals surface area contributed by atoms with Crippen molar-refractivity contribution < 1.29 is 4.79 Å². The summed E-state index contributed by atoms with van der Waals surface area (Å²) in [5.41, 5.74) is 8.19. The van der Waals surface area contributed by atoms with E-state index >= 15 is 0 Å². The molecule has 0 aromatic heterocycles. The van der Waals surface area contributed by atoms with E-state index < -0.39 is 0 Å². The van der Waals surface area contributed by atoms with Crippen LogP contribution >= 0.6 is 0 Å². The van der Waals surface area contributed by atoms with E-state index in [0.29, 0.717) is 17.2 Å². The minimum atomic E-state index is 0.0177. The van der Waals surface area contributed by atoms with E-state index in [4.69, 9.17) is 5.73 Å². The lowest BCUT2D eigenvalue weighted by Gasteiger charge is -2.23. The number of rotatable bonds is 4. The molecule has 1 unspecified atom stereocenters. The fraction of sp³-hybridized carbons (Fsp3) is 0.533. The Morgan fingerprint density at radius 3 is 2.79 bits per heavy atom. The number of nitrogens with two attached hydrogens (primary N) is 1. The van der Waals surface area contributed by atoms with Gasteiger partial charge in [-0.2, -0.15) is 0 Å². The fourth-order valence-corrected chi connectivity index (χ4v) is 2.78. The van der Waals surface area contributed by atoms with Crippen molar-refractivity contribution in [2.45, 2.75) is 13.3 Å². The van der Waals surface area contributed by atoms with Gasteiger partial charge in [-0.15, -0.1) is 0 Å². The second-order valence-corrected chi connectivity index (χ2v) is 5.63. The summed E-state index contributed by atoms with van der Waals surface area (Å²) in [5, 5.41) is 0. The van der Waals surface area contributed by atoms with Crippen LogP contribution in [0.2, 0.25) is 0 Å². The van der Waals surface area contributed by atoms with E-state index in [1.807, 2.05) is 18.2 Å². The van der Waals surface area contributed by atoms with Gasteiger partial charge in [-0.1, -0.05) is 0 Å². The van der Waals surface area contributed by atoms with Crippen LogP contribution in [0.5, 0.6) is 0 Å². The van der Waals surface area contributed by atoms with E-state index in [-0.39, 0.29) is 5.78 Å². The number of Topliss-reactive ketones (excluding diaryl/α,β-unsaturated/α-hetero) is 1. The van der Waals surface area contributed by atoms with Gasteiger partial charge in [0.2, 0.25) is 0 Å². The predicted molar refractivity (Wildman–Crippen MR) is 79.7 cm³/mol. The molecule has 4 heteroatoms. The Labute approximate surface area is 115 Å². The van der Waals surface area contributed by atoms with Gasteiger partial charge in [-0.05, 0) is 51.1 Å². The van der Waals surface area contributed by atoms with Gasteiger partial charge in [-0.3, -0.25) is 4.79 Å². The minimum absolute atomic E-state index is 0.0177. The third kappa shape index (κ3) is 3.26. The van der Waals surface area contributed by atoms with Crippen molar-refractivity contribution in [1.82, 2.24) is 4.90 Å². The standard InChI is InChI=1S/C15H23N3O/c1-11(19)14-5-4-13(8-15(14)16)18(3)10-12-6-7-17(2)9-12/h4-5,8,12H,6-7,9-10,16H2,1-3H3. The molecule has 1 heterocycles. The van der Waals surface area contributed by atoms with Crippen LogP contribution in [-0.4, -0.2) is 44.4 Å². The van der Waals surface area contributed by atoms with Crippen LogP contribution in [-0.2, 0) is 0 Å². The zero-order valence-corrected chi connectivity index (χ0v) is 12.0. The monoisotopic (exact) mass is 261 g/mol. The Balaban J connectivity index is 2.05. The Morgan fingerprint density at radius 2 is 2.26 bits per heavy atom. The largest absolute Gasteiger partial charge is 0.398 e. The number of carbonyl (C=O) groups is 1. The lowest BCUT2D eigenvalue weighted by Crippen LogP contribution is -2.27. The molecule has 1 saturated heterocycles. The van der Waals surface area contributed by atoms with E-state index in [1.165, 1.54) is 13.0 Å². The molecule has 0 saturated carbocycles. The number of nitrogen functional groups attached to an aromatic ring is 1. The quantitative estimate of drug-likeness (QED) is 0.664. The molecule has 19 heavy (non-hydrogen) atoms. The van der Waals surface area contributed by atoms with Gasteiger partial charge in [-0.25, -0.2) is 0 Å². The molecule has 2 N–H and O–H groups in total. The maximum Gasteiger partial charge on any atom is 0.161 e. The maximum absolute atomic E-state index is 11.4. The molecule has 0 spiro atoms. The van der Waals surface area contributed by atoms with Crippen molar-refractivity contribution in [3.63, 3.8) is 0 Å². The van der Waals surface area contributed by atoms with Crippen molar-refractivity contribution in [2.24, 2.45) is 5.92 Å². The van der Waals surface area contributed by atoms with E-state index in [1.54, 1.807) is 6.92 Å². The number of hydrogen-bond acceptors (Lipinski definition) is 4. The van der Waals surface area contributed by atoms with Gasteiger partial charge in [0, 0.05) is 37.1 Å². The number of ketones is 1. The molecule has 4 nitrogen and oxygen atoms in total. The predicted octanol–water partition coefficient (Wildman–Crippen LogP) is 1.86. The van der Waals surface area contributed by atoms with Crippen molar-refractivity contribution in [3.05, 3.63) is 23.8 Å². The molecule has 0 aliphatic carbocycles. The Morgan fingerprint density at radius 1 is 1.53 bits per heavy atom. The first kappa shape index (κ1) is 13.9. The van der Waals surface area contributed by atoms with Crippen molar-refractivity contribution >= 4 is 17.2 Å². The van der Waals surface area contributed by atoms with E-state index in [9.17, 15) is 4.79 Å². The number of hydrogen-bond donors (Lipinski definition) is 1. The van der Waals surface area contributed by atoms with Crippen molar-refractivity contribution in [1.29, 1.82) is 0 Å². The molecule has 1 fully saturated rings. The molecular formula is C15H23N3O.